The number of nitrogens with zero attached hydrogens (tertiary/aromatic N) is 2. The Bertz CT molecular complexity index is 329. The molecule has 1 rings (SSSR count). The van der Waals surface area contributed by atoms with Crippen LogP contribution in [0.1, 0.15) is 5.56 Å². The van der Waals surface area contributed by atoms with Crippen LogP contribution in [0, 0.1) is 11.3 Å². The van der Waals surface area contributed by atoms with E-state index in [1.165, 1.54) is 6.20 Å². The standard InChI is InChI=1S/C6H3Cl2N3/c7-4-2-11-6(10)5(8)3(4)1-9/h2H,(H2,10,11). The highest BCUT2D eigenvalue weighted by Crippen LogP contribution is 2.26. The van der Waals surface area contributed by atoms with Crippen molar-refractivity contribution in [3.63, 3.8) is 0 Å². The number of nitrogen functional groups attached to an aromatic ring is 1. The maximum absolute atomic E-state index is 8.52. The highest BCUT2D eigenvalue weighted by Gasteiger charge is 2.08. The smallest absolute Gasteiger partial charge is 0.143 e. The van der Waals surface area contributed by atoms with E-state index in [1.807, 2.05) is 6.07 Å². The molecule has 11 heavy (non-hydrogen) atoms. The average molecular weight is 188 g/mol. The molecule has 1 aromatic heterocycles. The Morgan fingerprint density at radius 2 is 2.18 bits per heavy atom. The van der Waals surface area contributed by atoms with Crippen LogP contribution in [-0.4, -0.2) is 4.98 Å². The van der Waals surface area contributed by atoms with Crippen molar-refractivity contribution < 1.29 is 0 Å². The Morgan fingerprint density at radius 3 is 2.64 bits per heavy atom. The van der Waals surface area contributed by atoms with Crippen LogP contribution in [0.4, 0.5) is 5.82 Å². The second-order valence-corrected chi connectivity index (χ2v) is 2.58. The number of halogens is 2. The van der Waals surface area contributed by atoms with Gasteiger partial charge in [-0.15, -0.1) is 0 Å². The molecule has 1 heterocycles. The molecule has 3 nitrogen and oxygen atoms in total. The summed E-state index contributed by atoms with van der Waals surface area (Å²) in [6, 6.07) is 1.82. The van der Waals surface area contributed by atoms with E-state index < -0.39 is 0 Å². The second kappa shape index (κ2) is 2.95. The number of nitriles is 1. The van der Waals surface area contributed by atoms with Gasteiger partial charge in [0.05, 0.1) is 10.6 Å². The molecular weight excluding hydrogens is 185 g/mol. The number of aromatic nitrogens is 1. The first kappa shape index (κ1) is 8.12. The van der Waals surface area contributed by atoms with Crippen LogP contribution < -0.4 is 5.73 Å². The lowest BCUT2D eigenvalue weighted by Crippen LogP contribution is -1.93. The molecule has 0 fully saturated rings. The van der Waals surface area contributed by atoms with E-state index in [0.717, 1.165) is 0 Å². The molecule has 0 saturated heterocycles. The van der Waals surface area contributed by atoms with Crippen LogP contribution in [0.5, 0.6) is 0 Å². The van der Waals surface area contributed by atoms with Crippen molar-refractivity contribution in [3.8, 4) is 6.07 Å². The molecule has 0 atom stereocenters. The zero-order chi connectivity index (χ0) is 8.43. The van der Waals surface area contributed by atoms with Gasteiger partial charge in [0.2, 0.25) is 0 Å². The van der Waals surface area contributed by atoms with E-state index in [0.29, 0.717) is 0 Å². The van der Waals surface area contributed by atoms with Crippen molar-refractivity contribution in [1.29, 1.82) is 5.26 Å². The van der Waals surface area contributed by atoms with Crippen LogP contribution in [0.25, 0.3) is 0 Å². The summed E-state index contributed by atoms with van der Waals surface area (Å²) >= 11 is 11.2. The molecule has 2 N–H and O–H groups in total. The fourth-order valence-electron chi connectivity index (χ4n) is 0.583. The van der Waals surface area contributed by atoms with Gasteiger partial charge in [0.1, 0.15) is 16.9 Å². The van der Waals surface area contributed by atoms with Crippen LogP contribution in [0.3, 0.4) is 0 Å². The fourth-order valence-corrected chi connectivity index (χ4v) is 1.01. The normalized spacial score (nSPS) is 9.18. The molecule has 0 aliphatic carbocycles. The van der Waals surface area contributed by atoms with Crippen molar-refractivity contribution in [2.45, 2.75) is 0 Å². The molecule has 0 bridgehead atoms. The summed E-state index contributed by atoms with van der Waals surface area (Å²) in [4.78, 5) is 3.65. The van der Waals surface area contributed by atoms with Crippen LogP contribution in [-0.2, 0) is 0 Å². The van der Waals surface area contributed by atoms with Crippen molar-refractivity contribution in [1.82, 2.24) is 4.98 Å². The van der Waals surface area contributed by atoms with Crippen LogP contribution in [0.15, 0.2) is 6.20 Å². The summed E-state index contributed by atoms with van der Waals surface area (Å²) in [5, 5.41) is 8.85. The van der Waals surface area contributed by atoms with Crippen LogP contribution >= 0.6 is 23.2 Å². The number of hydrogen-bond donors (Lipinski definition) is 1. The highest BCUT2D eigenvalue weighted by molar-refractivity contribution is 6.37. The van der Waals surface area contributed by atoms with E-state index in [9.17, 15) is 0 Å². The molecule has 0 radical (unpaired) electrons. The molecule has 0 amide bonds. The number of hydrogen-bond acceptors (Lipinski definition) is 3. The lowest BCUT2D eigenvalue weighted by Gasteiger charge is -1.99. The lowest BCUT2D eigenvalue weighted by atomic mass is 10.3. The van der Waals surface area contributed by atoms with Gasteiger partial charge in [-0.3, -0.25) is 0 Å². The maximum Gasteiger partial charge on any atom is 0.143 e. The number of rotatable bonds is 0. The van der Waals surface area contributed by atoms with Crippen molar-refractivity contribution in [2.75, 3.05) is 5.73 Å². The molecule has 1 aromatic rings. The van der Waals surface area contributed by atoms with Gasteiger partial charge >= 0.3 is 0 Å². The first-order valence-corrected chi connectivity index (χ1v) is 3.42. The summed E-state index contributed by atoms with van der Waals surface area (Å²) in [6.45, 7) is 0. The minimum Gasteiger partial charge on any atom is -0.382 e. The van der Waals surface area contributed by atoms with E-state index in [2.05, 4.69) is 4.98 Å². The molecule has 0 aromatic carbocycles. The predicted octanol–water partition coefficient (Wildman–Crippen LogP) is 1.84. The SMILES string of the molecule is N#Cc1c(Cl)cnc(N)c1Cl. The van der Waals surface area contributed by atoms with Gasteiger partial charge in [0.15, 0.2) is 0 Å². The second-order valence-electron chi connectivity index (χ2n) is 1.79. The zero-order valence-corrected chi connectivity index (χ0v) is 6.82. The van der Waals surface area contributed by atoms with Gasteiger partial charge < -0.3 is 5.73 Å². The Hall–Kier alpha value is -0.980. The molecule has 0 spiro atoms. The van der Waals surface area contributed by atoms with Gasteiger partial charge in [-0.1, -0.05) is 23.2 Å². The molecule has 0 saturated carbocycles. The topological polar surface area (TPSA) is 62.7 Å². The van der Waals surface area contributed by atoms with Gasteiger partial charge in [-0.25, -0.2) is 4.98 Å². The van der Waals surface area contributed by atoms with Crippen molar-refractivity contribution in [2.24, 2.45) is 0 Å². The fraction of sp³-hybridized carbons (Fsp3) is 0. The van der Waals surface area contributed by atoms with Gasteiger partial charge in [-0.05, 0) is 0 Å². The summed E-state index contributed by atoms with van der Waals surface area (Å²) in [5.41, 5.74) is 5.48. The first-order valence-electron chi connectivity index (χ1n) is 2.66. The minimum absolute atomic E-state index is 0.111. The summed E-state index contributed by atoms with van der Waals surface area (Å²) in [6.07, 6.45) is 1.29. The number of pyridine rings is 1. The minimum atomic E-state index is 0.111. The molecule has 0 aliphatic heterocycles. The van der Waals surface area contributed by atoms with E-state index in [-0.39, 0.29) is 21.4 Å². The van der Waals surface area contributed by atoms with Crippen molar-refractivity contribution >= 4 is 29.0 Å². The van der Waals surface area contributed by atoms with E-state index >= 15 is 0 Å². The molecular formula is C6H3Cl2N3. The summed E-state index contributed by atoms with van der Waals surface area (Å²) in [7, 11) is 0. The number of anilines is 1. The third kappa shape index (κ3) is 1.37. The van der Waals surface area contributed by atoms with Gasteiger partial charge in [0.25, 0.3) is 0 Å². The molecule has 0 aliphatic rings. The monoisotopic (exact) mass is 187 g/mol. The lowest BCUT2D eigenvalue weighted by molar-refractivity contribution is 1.32. The van der Waals surface area contributed by atoms with Crippen molar-refractivity contribution in [3.05, 3.63) is 21.8 Å². The quantitative estimate of drug-likeness (QED) is 0.675. The number of nitrogens with two attached hydrogens (primary N) is 1. The van der Waals surface area contributed by atoms with Gasteiger partial charge in [-0.2, -0.15) is 5.26 Å². The predicted molar refractivity (Wildman–Crippen MR) is 43.4 cm³/mol. The largest absolute Gasteiger partial charge is 0.382 e. The van der Waals surface area contributed by atoms with E-state index in [1.54, 1.807) is 0 Å². The summed E-state index contributed by atoms with van der Waals surface area (Å²) < 4.78 is 0. The Labute approximate surface area is 73.4 Å². The Kier molecular flexibility index (Phi) is 2.18. The third-order valence-electron chi connectivity index (χ3n) is 1.11. The first-order chi connectivity index (χ1) is 5.16. The zero-order valence-electron chi connectivity index (χ0n) is 5.31. The maximum atomic E-state index is 8.52. The summed E-state index contributed by atoms with van der Waals surface area (Å²) in [5.74, 6) is 0.118. The average Bonchev–Trinajstić information content (AvgIpc) is 1.99. The third-order valence-corrected chi connectivity index (χ3v) is 1.78. The Balaban J connectivity index is 3.44. The molecule has 5 heteroatoms. The van der Waals surface area contributed by atoms with Gasteiger partial charge in [0, 0.05) is 6.20 Å². The molecule has 56 valence electrons. The highest BCUT2D eigenvalue weighted by atomic mass is 35.5. The van der Waals surface area contributed by atoms with E-state index in [4.69, 9.17) is 34.2 Å². The van der Waals surface area contributed by atoms with Crippen LogP contribution in [0.2, 0.25) is 10.0 Å². The Morgan fingerprint density at radius 1 is 1.55 bits per heavy atom. The molecule has 0 unspecified atom stereocenters.